The predicted octanol–water partition coefficient (Wildman–Crippen LogP) is 2.34. The number of fused-ring (bicyclic) bond motifs is 1. The minimum absolute atomic E-state index is 0.140. The standard InChI is InChI=1S/C23H31N3O4/c1-4-25(5-2)21-14(3)6-10-19(21)30-16-7-8-17-15(12-16)13-26(23(17)29)18-9-11-20(27)24-22(18)28/h7-8,12,14,18-19,21H,4-6,9-11,13H2,1-3H3,(H,24,27,28)/t14?,18?,19-,21+/m1/s1. The van der Waals surface area contributed by atoms with Crippen molar-refractivity contribution >= 4 is 17.7 Å². The summed E-state index contributed by atoms with van der Waals surface area (Å²) in [5.41, 5.74) is 1.50. The topological polar surface area (TPSA) is 79.0 Å². The first-order valence-corrected chi connectivity index (χ1v) is 11.1. The zero-order valence-electron chi connectivity index (χ0n) is 18.0. The molecule has 1 aliphatic carbocycles. The number of amides is 3. The molecule has 1 saturated carbocycles. The van der Waals surface area contributed by atoms with Gasteiger partial charge in [0.1, 0.15) is 17.9 Å². The summed E-state index contributed by atoms with van der Waals surface area (Å²) in [5.74, 6) is 0.564. The largest absolute Gasteiger partial charge is 0.489 e. The van der Waals surface area contributed by atoms with E-state index >= 15 is 0 Å². The van der Waals surface area contributed by atoms with Gasteiger partial charge < -0.3 is 9.64 Å². The van der Waals surface area contributed by atoms with Gasteiger partial charge in [-0.3, -0.25) is 24.6 Å². The quantitative estimate of drug-likeness (QED) is 0.724. The van der Waals surface area contributed by atoms with Gasteiger partial charge in [-0.15, -0.1) is 0 Å². The summed E-state index contributed by atoms with van der Waals surface area (Å²) < 4.78 is 6.42. The fourth-order valence-corrected chi connectivity index (χ4v) is 5.30. The van der Waals surface area contributed by atoms with Crippen LogP contribution < -0.4 is 10.1 Å². The van der Waals surface area contributed by atoms with Crippen LogP contribution in [0.25, 0.3) is 0 Å². The normalized spacial score (nSPS) is 28.8. The number of hydrogen-bond donors (Lipinski definition) is 1. The van der Waals surface area contributed by atoms with Crippen molar-refractivity contribution in [2.24, 2.45) is 5.92 Å². The van der Waals surface area contributed by atoms with Gasteiger partial charge in [-0.05, 0) is 62.0 Å². The predicted molar refractivity (Wildman–Crippen MR) is 112 cm³/mol. The van der Waals surface area contributed by atoms with Crippen LogP contribution in [-0.4, -0.2) is 58.8 Å². The molecule has 0 spiro atoms. The third-order valence-electron chi connectivity index (χ3n) is 6.89. The second-order valence-electron chi connectivity index (χ2n) is 8.64. The second-order valence-corrected chi connectivity index (χ2v) is 8.64. The molecule has 7 heteroatoms. The molecule has 1 aromatic carbocycles. The Morgan fingerprint density at radius 1 is 1.13 bits per heavy atom. The number of piperidine rings is 1. The van der Waals surface area contributed by atoms with Crippen LogP contribution in [-0.2, 0) is 16.1 Å². The van der Waals surface area contributed by atoms with Crippen LogP contribution in [0.2, 0.25) is 0 Å². The Kier molecular flexibility index (Phi) is 5.82. The number of carbonyl (C=O) groups is 3. The molecule has 4 atom stereocenters. The molecular formula is C23H31N3O4. The lowest BCUT2D eigenvalue weighted by Gasteiger charge is -2.34. The lowest BCUT2D eigenvalue weighted by atomic mass is 10.0. The van der Waals surface area contributed by atoms with Gasteiger partial charge in [0.05, 0.1) is 0 Å². The van der Waals surface area contributed by atoms with E-state index in [2.05, 4.69) is 31.0 Å². The summed E-state index contributed by atoms with van der Waals surface area (Å²) in [6, 6.07) is 5.43. The molecule has 30 heavy (non-hydrogen) atoms. The highest BCUT2D eigenvalue weighted by Crippen LogP contribution is 2.35. The van der Waals surface area contributed by atoms with Crippen molar-refractivity contribution in [3.8, 4) is 5.75 Å². The van der Waals surface area contributed by atoms with Gasteiger partial charge in [-0.2, -0.15) is 0 Å². The van der Waals surface area contributed by atoms with E-state index in [0.717, 1.165) is 37.2 Å². The Morgan fingerprint density at radius 3 is 2.60 bits per heavy atom. The van der Waals surface area contributed by atoms with Crippen LogP contribution in [0.1, 0.15) is 62.4 Å². The first-order valence-electron chi connectivity index (χ1n) is 11.1. The monoisotopic (exact) mass is 413 g/mol. The number of nitrogens with zero attached hydrogens (tertiary/aromatic N) is 2. The Labute approximate surface area is 177 Å². The third kappa shape index (κ3) is 3.71. The van der Waals surface area contributed by atoms with Gasteiger partial charge in [0.15, 0.2) is 0 Å². The van der Waals surface area contributed by atoms with Crippen molar-refractivity contribution in [1.29, 1.82) is 0 Å². The van der Waals surface area contributed by atoms with Crippen LogP contribution in [0, 0.1) is 5.92 Å². The molecule has 3 amide bonds. The highest BCUT2D eigenvalue weighted by atomic mass is 16.5. The molecule has 2 unspecified atom stereocenters. The maximum Gasteiger partial charge on any atom is 0.255 e. The SMILES string of the molecule is CCN(CC)[C@H]1C(C)CC[C@H]1Oc1ccc2c(c1)CN(C1CCC(=O)NC1=O)C2=O. The average molecular weight is 414 g/mol. The molecule has 1 aromatic rings. The number of hydrogen-bond acceptors (Lipinski definition) is 5. The van der Waals surface area contributed by atoms with Crippen molar-refractivity contribution < 1.29 is 19.1 Å². The van der Waals surface area contributed by atoms with Crippen LogP contribution in [0.3, 0.4) is 0 Å². The van der Waals surface area contributed by atoms with Gasteiger partial charge in [0.25, 0.3) is 5.91 Å². The molecule has 4 rings (SSSR count). The van der Waals surface area contributed by atoms with Crippen LogP contribution in [0.5, 0.6) is 5.75 Å². The minimum atomic E-state index is -0.588. The van der Waals surface area contributed by atoms with E-state index in [-0.39, 0.29) is 30.2 Å². The Hall–Kier alpha value is -2.41. The maximum atomic E-state index is 12.9. The zero-order valence-corrected chi connectivity index (χ0v) is 18.0. The molecule has 1 N–H and O–H groups in total. The maximum absolute atomic E-state index is 12.9. The highest BCUT2D eigenvalue weighted by molar-refractivity contribution is 6.05. The molecule has 3 aliphatic rings. The summed E-state index contributed by atoms with van der Waals surface area (Å²) in [5, 5.41) is 2.34. The first kappa shape index (κ1) is 20.8. The molecule has 0 aromatic heterocycles. The van der Waals surface area contributed by atoms with Crippen molar-refractivity contribution in [1.82, 2.24) is 15.1 Å². The van der Waals surface area contributed by atoms with Crippen LogP contribution in [0.15, 0.2) is 18.2 Å². The number of imide groups is 1. The lowest BCUT2D eigenvalue weighted by molar-refractivity contribution is -0.136. The second kappa shape index (κ2) is 8.38. The number of nitrogens with one attached hydrogen (secondary N) is 1. The van der Waals surface area contributed by atoms with Gasteiger partial charge in [0.2, 0.25) is 11.8 Å². The van der Waals surface area contributed by atoms with Crippen molar-refractivity contribution in [2.75, 3.05) is 13.1 Å². The fraction of sp³-hybridized carbons (Fsp3) is 0.609. The van der Waals surface area contributed by atoms with E-state index in [1.807, 2.05) is 18.2 Å². The summed E-state index contributed by atoms with van der Waals surface area (Å²) in [4.78, 5) is 40.6. The zero-order chi connectivity index (χ0) is 21.4. The first-order chi connectivity index (χ1) is 14.4. The number of benzene rings is 1. The van der Waals surface area contributed by atoms with E-state index in [9.17, 15) is 14.4 Å². The summed E-state index contributed by atoms with van der Waals surface area (Å²) >= 11 is 0. The van der Waals surface area contributed by atoms with Crippen molar-refractivity contribution in [3.63, 3.8) is 0 Å². The molecule has 2 fully saturated rings. The summed E-state index contributed by atoms with van der Waals surface area (Å²) in [6.45, 7) is 9.06. The fourth-order valence-electron chi connectivity index (χ4n) is 5.30. The minimum Gasteiger partial charge on any atom is -0.489 e. The van der Waals surface area contributed by atoms with E-state index in [0.29, 0.717) is 30.5 Å². The van der Waals surface area contributed by atoms with Crippen molar-refractivity contribution in [3.05, 3.63) is 29.3 Å². The number of rotatable bonds is 6. The molecule has 2 aliphatic heterocycles. The van der Waals surface area contributed by atoms with E-state index in [1.165, 1.54) is 0 Å². The molecule has 2 heterocycles. The van der Waals surface area contributed by atoms with Crippen molar-refractivity contribution in [2.45, 2.75) is 71.2 Å². The molecule has 7 nitrogen and oxygen atoms in total. The molecule has 162 valence electrons. The van der Waals surface area contributed by atoms with E-state index in [1.54, 1.807) is 4.90 Å². The van der Waals surface area contributed by atoms with Crippen LogP contribution >= 0.6 is 0 Å². The average Bonchev–Trinajstić information content (AvgIpc) is 3.23. The van der Waals surface area contributed by atoms with Crippen LogP contribution in [0.4, 0.5) is 0 Å². The highest BCUT2D eigenvalue weighted by Gasteiger charge is 2.40. The Morgan fingerprint density at radius 2 is 1.90 bits per heavy atom. The lowest BCUT2D eigenvalue weighted by Crippen LogP contribution is -2.52. The molecule has 0 radical (unpaired) electrons. The van der Waals surface area contributed by atoms with Gasteiger partial charge in [-0.25, -0.2) is 0 Å². The summed E-state index contributed by atoms with van der Waals surface area (Å²) in [6.07, 6.45) is 2.96. The number of ether oxygens (including phenoxy) is 1. The number of likely N-dealkylation sites (N-methyl/N-ethyl adjacent to an activating group) is 1. The molecule has 1 saturated heterocycles. The molecule has 0 bridgehead atoms. The number of carbonyl (C=O) groups excluding carboxylic acids is 3. The molecular weight excluding hydrogens is 382 g/mol. The summed E-state index contributed by atoms with van der Waals surface area (Å²) in [7, 11) is 0. The van der Waals surface area contributed by atoms with Gasteiger partial charge >= 0.3 is 0 Å². The van der Waals surface area contributed by atoms with E-state index in [4.69, 9.17) is 4.74 Å². The Balaban J connectivity index is 1.49. The Bertz CT molecular complexity index is 851. The van der Waals surface area contributed by atoms with Gasteiger partial charge in [0, 0.05) is 24.6 Å². The van der Waals surface area contributed by atoms with Gasteiger partial charge in [-0.1, -0.05) is 20.8 Å². The smallest absolute Gasteiger partial charge is 0.255 e. The third-order valence-corrected chi connectivity index (χ3v) is 6.89. The van der Waals surface area contributed by atoms with E-state index < -0.39 is 6.04 Å².